The lowest BCUT2D eigenvalue weighted by molar-refractivity contribution is 0.102. The first-order chi connectivity index (χ1) is 13.5. The number of pyridine rings is 1. The van der Waals surface area contributed by atoms with Crippen LogP contribution in [-0.2, 0) is 0 Å². The van der Waals surface area contributed by atoms with Crippen LogP contribution in [0.15, 0.2) is 48.7 Å². The summed E-state index contributed by atoms with van der Waals surface area (Å²) in [6.45, 7) is 3.99. The Kier molecular flexibility index (Phi) is 5.40. The Morgan fingerprint density at radius 2 is 1.79 bits per heavy atom. The molecule has 1 fully saturated rings. The van der Waals surface area contributed by atoms with Crippen molar-refractivity contribution in [2.24, 2.45) is 0 Å². The van der Waals surface area contributed by atoms with Crippen LogP contribution in [0.5, 0.6) is 0 Å². The summed E-state index contributed by atoms with van der Waals surface area (Å²) < 4.78 is 0. The molecule has 2 aromatic carbocycles. The molecular weight excluding hydrogens is 395 g/mol. The number of hydrogen-bond acceptors (Lipinski definition) is 4. The molecule has 7 heteroatoms. The lowest BCUT2D eigenvalue weighted by atomic mass is 10.1. The van der Waals surface area contributed by atoms with Crippen molar-refractivity contribution in [1.29, 1.82) is 0 Å². The molecule has 0 aliphatic carbocycles. The van der Waals surface area contributed by atoms with Gasteiger partial charge in [-0.2, -0.15) is 0 Å². The molecule has 0 radical (unpaired) electrons. The normalized spacial score (nSPS) is 15.0. The van der Waals surface area contributed by atoms with Gasteiger partial charge >= 0.3 is 0 Å². The second-order valence-electron chi connectivity index (χ2n) is 6.94. The Balaban J connectivity index is 1.62. The largest absolute Gasteiger partial charge is 0.368 e. The standard InChI is InChI=1S/C21H20Cl2N4O/c1-26-8-10-27(11-9-26)20-6-7-24-19-5-3-15(13-16(19)20)25-21(28)14-2-4-17(22)18(23)12-14/h2-7,12-13H,8-11H2,1H3,(H,25,28). The van der Waals surface area contributed by atoms with Gasteiger partial charge in [0.25, 0.3) is 5.91 Å². The summed E-state index contributed by atoms with van der Waals surface area (Å²) in [6, 6.07) is 12.6. The number of piperazine rings is 1. The minimum atomic E-state index is -0.233. The van der Waals surface area contributed by atoms with Crippen molar-refractivity contribution in [1.82, 2.24) is 9.88 Å². The third-order valence-corrected chi connectivity index (χ3v) is 5.74. The topological polar surface area (TPSA) is 48.5 Å². The van der Waals surface area contributed by atoms with Crippen molar-refractivity contribution in [2.75, 3.05) is 43.4 Å². The number of carbonyl (C=O) groups excluding carboxylic acids is 1. The SMILES string of the molecule is CN1CCN(c2ccnc3ccc(NC(=O)c4ccc(Cl)c(Cl)c4)cc23)CC1. The fourth-order valence-corrected chi connectivity index (χ4v) is 3.67. The van der Waals surface area contributed by atoms with E-state index in [1.807, 2.05) is 30.5 Å². The Labute approximate surface area is 173 Å². The number of hydrogen-bond donors (Lipinski definition) is 1. The number of likely N-dealkylation sites (N-methyl/N-ethyl adjacent to an activating group) is 1. The number of nitrogens with zero attached hydrogens (tertiary/aromatic N) is 3. The summed E-state index contributed by atoms with van der Waals surface area (Å²) in [4.78, 5) is 21.8. The molecule has 28 heavy (non-hydrogen) atoms. The van der Waals surface area contributed by atoms with E-state index in [0.29, 0.717) is 21.3 Å². The Morgan fingerprint density at radius 1 is 1.00 bits per heavy atom. The molecule has 3 aromatic rings. The number of fused-ring (bicyclic) bond motifs is 1. The van der Waals surface area contributed by atoms with Gasteiger partial charge in [0, 0.05) is 54.7 Å². The summed E-state index contributed by atoms with van der Waals surface area (Å²) in [6.07, 6.45) is 1.84. The van der Waals surface area contributed by atoms with E-state index in [-0.39, 0.29) is 5.91 Å². The van der Waals surface area contributed by atoms with E-state index in [1.165, 1.54) is 0 Å². The monoisotopic (exact) mass is 414 g/mol. The molecule has 1 saturated heterocycles. The second-order valence-corrected chi connectivity index (χ2v) is 7.75. The maximum absolute atomic E-state index is 12.6. The molecule has 1 aromatic heterocycles. The quantitative estimate of drug-likeness (QED) is 0.682. The molecule has 0 bridgehead atoms. The molecule has 2 heterocycles. The van der Waals surface area contributed by atoms with E-state index < -0.39 is 0 Å². The van der Waals surface area contributed by atoms with Crippen LogP contribution in [0.2, 0.25) is 10.0 Å². The van der Waals surface area contributed by atoms with E-state index in [2.05, 4.69) is 27.1 Å². The highest BCUT2D eigenvalue weighted by Crippen LogP contribution is 2.29. The molecule has 144 valence electrons. The number of nitrogens with one attached hydrogen (secondary N) is 1. The van der Waals surface area contributed by atoms with E-state index in [1.54, 1.807) is 18.2 Å². The Morgan fingerprint density at radius 3 is 2.54 bits per heavy atom. The van der Waals surface area contributed by atoms with Crippen molar-refractivity contribution in [3.8, 4) is 0 Å². The van der Waals surface area contributed by atoms with Crippen LogP contribution >= 0.6 is 23.2 Å². The van der Waals surface area contributed by atoms with Gasteiger partial charge in [-0.1, -0.05) is 23.2 Å². The maximum Gasteiger partial charge on any atom is 0.255 e. The molecule has 0 saturated carbocycles. The molecule has 5 nitrogen and oxygen atoms in total. The summed E-state index contributed by atoms with van der Waals surface area (Å²) in [7, 11) is 2.14. The third kappa shape index (κ3) is 3.92. The van der Waals surface area contributed by atoms with Gasteiger partial charge in [-0.3, -0.25) is 9.78 Å². The zero-order valence-corrected chi connectivity index (χ0v) is 17.0. The lowest BCUT2D eigenvalue weighted by Crippen LogP contribution is -2.44. The molecular formula is C21H20Cl2N4O. The molecule has 1 aliphatic rings. The number of aromatic nitrogens is 1. The van der Waals surface area contributed by atoms with E-state index in [4.69, 9.17) is 23.2 Å². The number of halogens is 2. The number of anilines is 2. The van der Waals surface area contributed by atoms with E-state index in [9.17, 15) is 4.79 Å². The van der Waals surface area contributed by atoms with Crippen LogP contribution in [0.4, 0.5) is 11.4 Å². The summed E-state index contributed by atoms with van der Waals surface area (Å²) >= 11 is 12.0. The van der Waals surface area contributed by atoms with E-state index in [0.717, 1.165) is 42.8 Å². The van der Waals surface area contributed by atoms with Crippen LogP contribution in [0.1, 0.15) is 10.4 Å². The molecule has 0 atom stereocenters. The first-order valence-electron chi connectivity index (χ1n) is 9.10. The van der Waals surface area contributed by atoms with Gasteiger partial charge in [0.2, 0.25) is 0 Å². The Bertz CT molecular complexity index is 1030. The van der Waals surface area contributed by atoms with Gasteiger partial charge in [-0.05, 0) is 49.5 Å². The van der Waals surface area contributed by atoms with Crippen molar-refractivity contribution in [3.63, 3.8) is 0 Å². The van der Waals surface area contributed by atoms with Crippen LogP contribution < -0.4 is 10.2 Å². The van der Waals surface area contributed by atoms with Gasteiger partial charge < -0.3 is 15.1 Å². The molecule has 0 unspecified atom stereocenters. The van der Waals surface area contributed by atoms with Crippen LogP contribution in [0.25, 0.3) is 10.9 Å². The number of rotatable bonds is 3. The predicted molar refractivity (Wildman–Crippen MR) is 116 cm³/mol. The first kappa shape index (κ1) is 19.0. The predicted octanol–water partition coefficient (Wildman–Crippen LogP) is 4.55. The average molecular weight is 415 g/mol. The highest BCUT2D eigenvalue weighted by molar-refractivity contribution is 6.42. The fourth-order valence-electron chi connectivity index (χ4n) is 3.37. The maximum atomic E-state index is 12.6. The second kappa shape index (κ2) is 7.95. The number of carbonyl (C=O) groups is 1. The van der Waals surface area contributed by atoms with Crippen LogP contribution in [0.3, 0.4) is 0 Å². The Hall–Kier alpha value is -2.34. The number of benzene rings is 2. The van der Waals surface area contributed by atoms with Crippen LogP contribution in [0, 0.1) is 0 Å². The first-order valence-corrected chi connectivity index (χ1v) is 9.85. The van der Waals surface area contributed by atoms with Crippen molar-refractivity contribution >= 4 is 51.4 Å². The molecule has 4 rings (SSSR count). The average Bonchev–Trinajstić information content (AvgIpc) is 2.70. The zero-order chi connectivity index (χ0) is 19.7. The number of amides is 1. The van der Waals surface area contributed by atoms with Crippen molar-refractivity contribution < 1.29 is 4.79 Å². The van der Waals surface area contributed by atoms with Crippen molar-refractivity contribution in [2.45, 2.75) is 0 Å². The highest BCUT2D eigenvalue weighted by Gasteiger charge is 2.17. The molecule has 1 amide bonds. The smallest absolute Gasteiger partial charge is 0.255 e. The van der Waals surface area contributed by atoms with Crippen molar-refractivity contribution in [3.05, 3.63) is 64.3 Å². The molecule has 0 spiro atoms. The molecule has 1 aliphatic heterocycles. The third-order valence-electron chi connectivity index (χ3n) is 5.00. The minimum absolute atomic E-state index is 0.233. The molecule has 1 N–H and O–H groups in total. The van der Waals surface area contributed by atoms with Gasteiger partial charge in [0.05, 0.1) is 15.6 Å². The zero-order valence-electron chi connectivity index (χ0n) is 15.5. The van der Waals surface area contributed by atoms with E-state index >= 15 is 0 Å². The van der Waals surface area contributed by atoms with Gasteiger partial charge in [0.15, 0.2) is 0 Å². The van der Waals surface area contributed by atoms with Gasteiger partial charge in [0.1, 0.15) is 0 Å². The van der Waals surface area contributed by atoms with Crippen LogP contribution in [-0.4, -0.2) is 49.0 Å². The fraction of sp³-hybridized carbons (Fsp3) is 0.238. The lowest BCUT2D eigenvalue weighted by Gasteiger charge is -2.34. The summed E-state index contributed by atoms with van der Waals surface area (Å²) in [5.74, 6) is -0.233. The van der Waals surface area contributed by atoms with Gasteiger partial charge in [-0.25, -0.2) is 0 Å². The summed E-state index contributed by atoms with van der Waals surface area (Å²) in [5, 5.41) is 4.74. The van der Waals surface area contributed by atoms with Gasteiger partial charge in [-0.15, -0.1) is 0 Å². The minimum Gasteiger partial charge on any atom is -0.368 e. The highest BCUT2D eigenvalue weighted by atomic mass is 35.5. The summed E-state index contributed by atoms with van der Waals surface area (Å²) in [5.41, 5.74) is 3.22.